The van der Waals surface area contributed by atoms with E-state index in [1.165, 1.54) is 4.90 Å². The average Bonchev–Trinajstić information content (AvgIpc) is 3.56. The van der Waals surface area contributed by atoms with Crippen LogP contribution in [-0.4, -0.2) is 121 Å². The third-order valence-electron chi connectivity index (χ3n) is 8.23. The topological polar surface area (TPSA) is 109 Å². The van der Waals surface area contributed by atoms with Gasteiger partial charge < -0.3 is 29.1 Å². The number of hydrogen-bond acceptors (Lipinski definition) is 8. The second-order valence-corrected chi connectivity index (χ2v) is 10.5. The van der Waals surface area contributed by atoms with Gasteiger partial charge in [0.1, 0.15) is 11.6 Å². The van der Waals surface area contributed by atoms with E-state index in [9.17, 15) is 19.5 Å². The van der Waals surface area contributed by atoms with Crippen molar-refractivity contribution in [2.75, 3.05) is 59.2 Å². The van der Waals surface area contributed by atoms with Crippen molar-refractivity contribution < 1.29 is 33.7 Å². The van der Waals surface area contributed by atoms with Crippen LogP contribution < -0.4 is 0 Å². The molecule has 0 saturated carbocycles. The quantitative estimate of drug-likeness (QED) is 0.214. The molecule has 4 heterocycles. The number of hydrogen-bond donors (Lipinski definition) is 1. The predicted octanol–water partition coefficient (Wildman–Crippen LogP) is 0.598. The van der Waals surface area contributed by atoms with E-state index in [1.54, 1.807) is 24.0 Å². The Morgan fingerprint density at radius 2 is 2.05 bits per heavy atom. The standard InChI is InChI=1S/C27H41N3O7/c1-4-6-7-15-36-26(34)21-20-8-9-27(37-20)22(21)24(32)30(19(3)18-31)23(27)25(33)29(10-5-2)12-11-28-13-16-35-17-14-28/h4-5,19-23,31H,1-2,6-18H2,3H3/t19-,20-,21+,22+,23?,27?/m1/s1. The molecule has 4 rings (SSSR count). The second kappa shape index (κ2) is 12.1. The van der Waals surface area contributed by atoms with Crippen LogP contribution in [-0.2, 0) is 28.6 Å². The number of aliphatic hydroxyl groups excluding tert-OH is 1. The zero-order valence-electron chi connectivity index (χ0n) is 21.9. The van der Waals surface area contributed by atoms with Crippen LogP contribution in [0.15, 0.2) is 25.3 Å². The number of morpholine rings is 1. The predicted molar refractivity (Wildman–Crippen MR) is 135 cm³/mol. The van der Waals surface area contributed by atoms with Crippen LogP contribution >= 0.6 is 0 Å². The molecule has 4 fully saturated rings. The van der Waals surface area contributed by atoms with Crippen LogP contribution in [0, 0.1) is 11.8 Å². The van der Waals surface area contributed by atoms with Gasteiger partial charge in [-0.15, -0.1) is 13.2 Å². The van der Waals surface area contributed by atoms with E-state index in [2.05, 4.69) is 18.1 Å². The minimum atomic E-state index is -1.11. The molecule has 0 aromatic rings. The zero-order valence-corrected chi connectivity index (χ0v) is 21.9. The van der Waals surface area contributed by atoms with Gasteiger partial charge in [0.25, 0.3) is 0 Å². The Bertz CT molecular complexity index is 876. The summed E-state index contributed by atoms with van der Waals surface area (Å²) in [5.74, 6) is -2.55. The lowest BCUT2D eigenvalue weighted by molar-refractivity contribution is -0.156. The summed E-state index contributed by atoms with van der Waals surface area (Å²) in [6, 6.07) is -1.52. The summed E-state index contributed by atoms with van der Waals surface area (Å²) in [5, 5.41) is 10.0. The molecule has 2 unspecified atom stereocenters. The lowest BCUT2D eigenvalue weighted by atomic mass is 9.70. The molecule has 0 aromatic heterocycles. The Morgan fingerprint density at radius 1 is 1.30 bits per heavy atom. The van der Waals surface area contributed by atoms with Crippen molar-refractivity contribution in [3.63, 3.8) is 0 Å². The number of ether oxygens (including phenoxy) is 3. The van der Waals surface area contributed by atoms with E-state index in [-0.39, 0.29) is 25.0 Å². The molecular weight excluding hydrogens is 478 g/mol. The number of rotatable bonds is 13. The van der Waals surface area contributed by atoms with Gasteiger partial charge in [0, 0.05) is 32.7 Å². The Morgan fingerprint density at radius 3 is 2.73 bits per heavy atom. The van der Waals surface area contributed by atoms with Gasteiger partial charge in [0.05, 0.1) is 50.4 Å². The fraction of sp³-hybridized carbons (Fsp3) is 0.741. The van der Waals surface area contributed by atoms with Crippen LogP contribution in [0.1, 0.15) is 32.6 Å². The largest absolute Gasteiger partial charge is 0.465 e. The molecule has 4 aliphatic rings. The van der Waals surface area contributed by atoms with E-state index in [0.29, 0.717) is 52.1 Å². The summed E-state index contributed by atoms with van der Waals surface area (Å²) in [7, 11) is 0. The highest BCUT2D eigenvalue weighted by atomic mass is 16.6. The Labute approximate surface area is 219 Å². The van der Waals surface area contributed by atoms with E-state index >= 15 is 0 Å². The van der Waals surface area contributed by atoms with Crippen molar-refractivity contribution in [1.82, 2.24) is 14.7 Å². The normalized spacial score (nSPS) is 31.7. The fourth-order valence-electron chi connectivity index (χ4n) is 6.40. The smallest absolute Gasteiger partial charge is 0.312 e. The highest BCUT2D eigenvalue weighted by molar-refractivity contribution is 5.98. The van der Waals surface area contributed by atoms with Gasteiger partial charge in [-0.1, -0.05) is 12.2 Å². The lowest BCUT2D eigenvalue weighted by Gasteiger charge is -2.39. The van der Waals surface area contributed by atoms with Gasteiger partial charge in [0.2, 0.25) is 11.8 Å². The van der Waals surface area contributed by atoms with Crippen LogP contribution in [0.3, 0.4) is 0 Å². The van der Waals surface area contributed by atoms with Crippen molar-refractivity contribution in [1.29, 1.82) is 0 Å². The van der Waals surface area contributed by atoms with Crippen molar-refractivity contribution in [3.8, 4) is 0 Å². The first-order chi connectivity index (χ1) is 17.9. The number of carbonyl (C=O) groups is 3. The average molecular weight is 520 g/mol. The minimum Gasteiger partial charge on any atom is -0.465 e. The van der Waals surface area contributed by atoms with Gasteiger partial charge in [-0.05, 0) is 32.6 Å². The lowest BCUT2D eigenvalue weighted by Crippen LogP contribution is -2.59. The first kappa shape index (κ1) is 27.8. The molecule has 10 nitrogen and oxygen atoms in total. The summed E-state index contributed by atoms with van der Waals surface area (Å²) < 4.78 is 17.4. The minimum absolute atomic E-state index is 0.232. The van der Waals surface area contributed by atoms with Gasteiger partial charge in [-0.25, -0.2) is 0 Å². The molecule has 1 spiro atoms. The maximum Gasteiger partial charge on any atom is 0.312 e. The maximum atomic E-state index is 14.2. The number of amides is 2. The maximum absolute atomic E-state index is 14.2. The molecule has 0 radical (unpaired) electrons. The first-order valence-corrected chi connectivity index (χ1v) is 13.5. The Hall–Kier alpha value is -2.27. The number of allylic oxidation sites excluding steroid dienone is 1. The summed E-state index contributed by atoms with van der Waals surface area (Å²) in [5.41, 5.74) is -1.11. The van der Waals surface area contributed by atoms with Crippen LogP contribution in [0.4, 0.5) is 0 Å². The molecular formula is C27H41N3O7. The van der Waals surface area contributed by atoms with Crippen LogP contribution in [0.2, 0.25) is 0 Å². The first-order valence-electron chi connectivity index (χ1n) is 13.5. The molecule has 10 heteroatoms. The van der Waals surface area contributed by atoms with E-state index in [4.69, 9.17) is 14.2 Å². The number of fused-ring (bicyclic) bond motifs is 1. The Balaban J connectivity index is 1.58. The molecule has 4 saturated heterocycles. The summed E-state index contributed by atoms with van der Waals surface area (Å²) >= 11 is 0. The van der Waals surface area contributed by atoms with E-state index in [1.807, 2.05) is 0 Å². The third-order valence-corrected chi connectivity index (χ3v) is 8.23. The highest BCUT2D eigenvalue weighted by Crippen LogP contribution is 2.59. The van der Waals surface area contributed by atoms with Gasteiger partial charge in [-0.3, -0.25) is 19.3 Å². The van der Waals surface area contributed by atoms with Crippen molar-refractivity contribution >= 4 is 17.8 Å². The molecule has 37 heavy (non-hydrogen) atoms. The molecule has 1 N–H and O–H groups in total. The monoisotopic (exact) mass is 519 g/mol. The van der Waals surface area contributed by atoms with E-state index in [0.717, 1.165) is 19.5 Å². The number of aliphatic hydroxyl groups is 1. The summed E-state index contributed by atoms with van der Waals surface area (Å²) in [6.07, 6.45) is 5.46. The molecule has 0 aliphatic carbocycles. The van der Waals surface area contributed by atoms with Crippen LogP contribution in [0.5, 0.6) is 0 Å². The molecule has 2 bridgehead atoms. The number of carbonyl (C=O) groups excluding carboxylic acids is 3. The van der Waals surface area contributed by atoms with Crippen LogP contribution in [0.25, 0.3) is 0 Å². The van der Waals surface area contributed by atoms with Crippen molar-refractivity contribution in [3.05, 3.63) is 25.3 Å². The molecule has 4 aliphatic heterocycles. The van der Waals surface area contributed by atoms with Gasteiger partial charge >= 0.3 is 5.97 Å². The number of nitrogens with zero attached hydrogens (tertiary/aromatic N) is 3. The molecule has 2 amide bonds. The highest BCUT2D eigenvalue weighted by Gasteiger charge is 2.75. The van der Waals surface area contributed by atoms with Gasteiger partial charge in [-0.2, -0.15) is 0 Å². The fourth-order valence-corrected chi connectivity index (χ4v) is 6.40. The summed E-state index contributed by atoms with van der Waals surface area (Å²) in [4.78, 5) is 46.6. The van der Waals surface area contributed by atoms with Crippen molar-refractivity contribution in [2.24, 2.45) is 11.8 Å². The molecule has 6 atom stereocenters. The molecule has 206 valence electrons. The number of likely N-dealkylation sites (tertiary alicyclic amines) is 1. The molecule has 0 aromatic carbocycles. The van der Waals surface area contributed by atoms with Crippen molar-refractivity contribution in [2.45, 2.75) is 56.4 Å². The van der Waals surface area contributed by atoms with Gasteiger partial charge in [0.15, 0.2) is 0 Å². The number of esters is 1. The second-order valence-electron chi connectivity index (χ2n) is 10.5. The Kier molecular flexibility index (Phi) is 9.05. The zero-order chi connectivity index (χ0) is 26.6. The summed E-state index contributed by atoms with van der Waals surface area (Å²) in [6.45, 7) is 13.6. The third kappa shape index (κ3) is 5.21. The SMILES string of the molecule is C=CCCCOC(=O)[C@@H]1[C@H]2C(=O)N([C@H](C)CO)C(C(=O)N(CC=C)CCN3CCOCC3)C23CC[C@H]1O3. The number of unbranched alkanes of at least 4 members (excludes halogenated alkanes) is 1. The van der Waals surface area contributed by atoms with E-state index < -0.39 is 41.6 Å².